The molecule has 33 heavy (non-hydrogen) atoms. The number of H-pyrrole nitrogens is 1. The van der Waals surface area contributed by atoms with Crippen molar-refractivity contribution < 1.29 is 28.5 Å². The van der Waals surface area contributed by atoms with Crippen LogP contribution in [0.5, 0.6) is 17.2 Å². The van der Waals surface area contributed by atoms with Gasteiger partial charge in [0.05, 0.1) is 25.0 Å². The average molecular weight is 473 g/mol. The van der Waals surface area contributed by atoms with E-state index in [2.05, 4.69) is 10.3 Å². The molecule has 0 unspecified atom stereocenters. The zero-order valence-electron chi connectivity index (χ0n) is 18.8. The number of benzene rings is 2. The minimum atomic E-state index is -0.524. The lowest BCUT2D eigenvalue weighted by Crippen LogP contribution is -2.15. The second kappa shape index (κ2) is 10.9. The number of rotatable bonds is 9. The Balaban J connectivity index is 1.82. The van der Waals surface area contributed by atoms with E-state index in [1.807, 2.05) is 0 Å². The maximum atomic E-state index is 13.1. The molecule has 0 atom stereocenters. The maximum absolute atomic E-state index is 13.1. The molecule has 1 amide bonds. The second-order valence-corrected chi connectivity index (χ2v) is 7.56. The van der Waals surface area contributed by atoms with Gasteiger partial charge in [-0.25, -0.2) is 4.79 Å². The van der Waals surface area contributed by atoms with E-state index < -0.39 is 11.9 Å². The average Bonchev–Trinajstić information content (AvgIpc) is 3.10. The van der Waals surface area contributed by atoms with Crippen molar-refractivity contribution in [3.05, 3.63) is 70.0 Å². The van der Waals surface area contributed by atoms with Crippen molar-refractivity contribution in [3.8, 4) is 17.2 Å². The Labute approximate surface area is 196 Å². The van der Waals surface area contributed by atoms with Crippen LogP contribution in [0.3, 0.4) is 0 Å². The molecule has 0 radical (unpaired) electrons. The maximum Gasteiger partial charge on any atom is 0.340 e. The van der Waals surface area contributed by atoms with E-state index in [-0.39, 0.29) is 18.9 Å². The Morgan fingerprint density at radius 2 is 1.70 bits per heavy atom. The van der Waals surface area contributed by atoms with Crippen molar-refractivity contribution in [1.29, 1.82) is 0 Å². The minimum absolute atomic E-state index is 0.121. The number of aryl methyl sites for hydroxylation is 1. The lowest BCUT2D eigenvalue weighted by Gasteiger charge is -2.13. The number of ether oxygens (including phenoxy) is 4. The highest BCUT2D eigenvalue weighted by atomic mass is 35.5. The first kappa shape index (κ1) is 24.2. The summed E-state index contributed by atoms with van der Waals surface area (Å²) in [5.41, 5.74) is 1.94. The van der Waals surface area contributed by atoms with Gasteiger partial charge in [-0.2, -0.15) is 0 Å². The number of carbonyl (C=O) groups excluding carboxylic acids is 2. The van der Waals surface area contributed by atoms with Crippen molar-refractivity contribution in [2.24, 2.45) is 0 Å². The number of aromatic nitrogens is 1. The number of methoxy groups -OCH3 is 2. The molecule has 3 aromatic rings. The summed E-state index contributed by atoms with van der Waals surface area (Å²) in [7, 11) is 3.10. The molecule has 1 heterocycles. The number of amides is 1. The highest BCUT2D eigenvalue weighted by Crippen LogP contribution is 2.33. The van der Waals surface area contributed by atoms with Crippen LogP contribution in [0.4, 0.5) is 5.69 Å². The number of anilines is 1. The normalized spacial score (nSPS) is 10.6. The van der Waals surface area contributed by atoms with Gasteiger partial charge < -0.3 is 29.2 Å². The first-order valence-corrected chi connectivity index (χ1v) is 10.5. The molecule has 3 rings (SSSR count). The summed E-state index contributed by atoms with van der Waals surface area (Å²) >= 11 is 6.15. The van der Waals surface area contributed by atoms with Gasteiger partial charge in [0.25, 0.3) is 5.91 Å². The predicted molar refractivity (Wildman–Crippen MR) is 125 cm³/mol. The molecular formula is C24H25ClN2O6. The third-order valence-corrected chi connectivity index (χ3v) is 5.10. The second-order valence-electron chi connectivity index (χ2n) is 7.13. The lowest BCUT2D eigenvalue weighted by atomic mass is 10.1. The van der Waals surface area contributed by atoms with Crippen molar-refractivity contribution in [2.45, 2.75) is 13.8 Å². The smallest absolute Gasteiger partial charge is 0.340 e. The van der Waals surface area contributed by atoms with Crippen LogP contribution in [-0.2, 0) is 9.47 Å². The standard InChI is InChI=1S/C24H25ClN2O6/c1-14-21(24(29)32-12-11-30-3)15(2)26-22(14)23(28)27-19-13-16(25)5-10-20(19)33-18-8-6-17(31-4)7-9-18/h5-10,13,26H,11-12H2,1-4H3,(H,27,28). The summed E-state index contributed by atoms with van der Waals surface area (Å²) < 4.78 is 21.2. The van der Waals surface area contributed by atoms with E-state index in [9.17, 15) is 9.59 Å². The molecule has 0 aliphatic carbocycles. The van der Waals surface area contributed by atoms with Gasteiger partial charge in [0.2, 0.25) is 0 Å². The fourth-order valence-electron chi connectivity index (χ4n) is 3.22. The lowest BCUT2D eigenvalue weighted by molar-refractivity contribution is 0.0386. The summed E-state index contributed by atoms with van der Waals surface area (Å²) in [6, 6.07) is 11.9. The summed E-state index contributed by atoms with van der Waals surface area (Å²) in [5.74, 6) is 0.679. The van der Waals surface area contributed by atoms with Gasteiger partial charge in [0.15, 0.2) is 5.75 Å². The van der Waals surface area contributed by atoms with Gasteiger partial charge in [-0.05, 0) is 61.9 Å². The number of halogens is 1. The molecule has 0 fully saturated rings. The van der Waals surface area contributed by atoms with Crippen LogP contribution in [0.1, 0.15) is 32.1 Å². The summed E-state index contributed by atoms with van der Waals surface area (Å²) in [6.45, 7) is 3.79. The highest BCUT2D eigenvalue weighted by molar-refractivity contribution is 6.31. The fourth-order valence-corrected chi connectivity index (χ4v) is 3.39. The fraction of sp³-hybridized carbons (Fsp3) is 0.250. The van der Waals surface area contributed by atoms with Crippen LogP contribution in [0.2, 0.25) is 5.02 Å². The van der Waals surface area contributed by atoms with Crippen LogP contribution in [0.25, 0.3) is 0 Å². The molecular weight excluding hydrogens is 448 g/mol. The van der Waals surface area contributed by atoms with Crippen LogP contribution in [0, 0.1) is 13.8 Å². The largest absolute Gasteiger partial charge is 0.497 e. The number of esters is 1. The van der Waals surface area contributed by atoms with E-state index in [0.717, 1.165) is 0 Å². The Kier molecular flexibility index (Phi) is 7.97. The van der Waals surface area contributed by atoms with E-state index in [0.29, 0.717) is 44.8 Å². The van der Waals surface area contributed by atoms with Gasteiger partial charge in [-0.3, -0.25) is 4.79 Å². The first-order chi connectivity index (χ1) is 15.8. The number of hydrogen-bond donors (Lipinski definition) is 2. The van der Waals surface area contributed by atoms with Crippen LogP contribution >= 0.6 is 11.6 Å². The third-order valence-electron chi connectivity index (χ3n) is 4.87. The molecule has 0 saturated carbocycles. The molecule has 0 bridgehead atoms. The minimum Gasteiger partial charge on any atom is -0.497 e. The summed E-state index contributed by atoms with van der Waals surface area (Å²) in [5, 5.41) is 3.23. The zero-order valence-corrected chi connectivity index (χ0v) is 19.5. The Morgan fingerprint density at radius 1 is 1.00 bits per heavy atom. The Hall–Kier alpha value is -3.49. The number of nitrogens with one attached hydrogen (secondary N) is 2. The molecule has 9 heteroatoms. The molecule has 8 nitrogen and oxygen atoms in total. The Bertz CT molecular complexity index is 1140. The monoisotopic (exact) mass is 472 g/mol. The van der Waals surface area contributed by atoms with Crippen molar-refractivity contribution in [2.75, 3.05) is 32.8 Å². The van der Waals surface area contributed by atoms with E-state index >= 15 is 0 Å². The van der Waals surface area contributed by atoms with Gasteiger partial charge in [-0.15, -0.1) is 0 Å². The van der Waals surface area contributed by atoms with E-state index in [1.54, 1.807) is 63.4 Å². The van der Waals surface area contributed by atoms with Gasteiger partial charge >= 0.3 is 5.97 Å². The third kappa shape index (κ3) is 5.85. The van der Waals surface area contributed by atoms with Gasteiger partial charge in [0.1, 0.15) is 23.8 Å². The molecule has 0 saturated heterocycles. The molecule has 0 aliphatic rings. The Morgan fingerprint density at radius 3 is 2.36 bits per heavy atom. The first-order valence-electron chi connectivity index (χ1n) is 10.1. The van der Waals surface area contributed by atoms with Crippen LogP contribution < -0.4 is 14.8 Å². The SMILES string of the molecule is COCCOC(=O)c1c(C)[nH]c(C(=O)Nc2cc(Cl)ccc2Oc2ccc(OC)cc2)c1C. The summed E-state index contributed by atoms with van der Waals surface area (Å²) in [6.07, 6.45) is 0. The van der Waals surface area contributed by atoms with Crippen LogP contribution in [0.15, 0.2) is 42.5 Å². The van der Waals surface area contributed by atoms with Crippen molar-refractivity contribution in [3.63, 3.8) is 0 Å². The molecule has 174 valence electrons. The van der Waals surface area contributed by atoms with E-state index in [1.165, 1.54) is 7.11 Å². The van der Waals surface area contributed by atoms with Crippen LogP contribution in [-0.4, -0.2) is 44.3 Å². The topological polar surface area (TPSA) is 98.9 Å². The van der Waals surface area contributed by atoms with E-state index in [4.69, 9.17) is 30.5 Å². The van der Waals surface area contributed by atoms with Crippen molar-refractivity contribution >= 4 is 29.2 Å². The zero-order chi connectivity index (χ0) is 24.0. The summed E-state index contributed by atoms with van der Waals surface area (Å²) in [4.78, 5) is 28.4. The van der Waals surface area contributed by atoms with Gasteiger partial charge in [0, 0.05) is 17.8 Å². The number of hydrogen-bond acceptors (Lipinski definition) is 6. The number of carbonyl (C=O) groups is 2. The molecule has 1 aromatic heterocycles. The molecule has 2 N–H and O–H groups in total. The molecule has 2 aromatic carbocycles. The van der Waals surface area contributed by atoms with Gasteiger partial charge in [-0.1, -0.05) is 11.6 Å². The number of aromatic amines is 1. The molecule has 0 spiro atoms. The predicted octanol–water partition coefficient (Wildman–Crippen LogP) is 5.14. The molecule has 0 aliphatic heterocycles. The quantitative estimate of drug-likeness (QED) is 0.330. The van der Waals surface area contributed by atoms with Crippen molar-refractivity contribution in [1.82, 2.24) is 4.98 Å². The highest BCUT2D eigenvalue weighted by Gasteiger charge is 2.24.